The summed E-state index contributed by atoms with van der Waals surface area (Å²) in [5.74, 6) is 0.776. The van der Waals surface area contributed by atoms with Crippen LogP contribution in [-0.2, 0) is 20.9 Å². The second-order valence-corrected chi connectivity index (χ2v) is 6.52. The summed E-state index contributed by atoms with van der Waals surface area (Å²) >= 11 is 0. The average Bonchev–Trinajstić information content (AvgIpc) is 3.17. The van der Waals surface area contributed by atoms with E-state index in [0.717, 1.165) is 13.0 Å². The molecule has 0 bridgehead atoms. The molecule has 0 unspecified atom stereocenters. The largest absolute Gasteiger partial charge is 0.343 e. The molecule has 2 aliphatic rings. The van der Waals surface area contributed by atoms with Crippen molar-refractivity contribution >= 4 is 17.7 Å². The summed E-state index contributed by atoms with van der Waals surface area (Å²) < 4.78 is 4.91. The molecule has 2 saturated heterocycles. The Morgan fingerprint density at radius 3 is 2.56 bits per heavy atom. The molecule has 1 aromatic heterocycles. The van der Waals surface area contributed by atoms with Crippen molar-refractivity contribution in [2.45, 2.75) is 45.7 Å². The number of rotatable bonds is 6. The van der Waals surface area contributed by atoms with Crippen LogP contribution in [0.3, 0.4) is 0 Å². The van der Waals surface area contributed by atoms with Gasteiger partial charge >= 0.3 is 0 Å². The van der Waals surface area contributed by atoms with E-state index in [2.05, 4.69) is 10.1 Å². The van der Waals surface area contributed by atoms with Gasteiger partial charge in [0.25, 0.3) is 0 Å². The highest BCUT2D eigenvalue weighted by Gasteiger charge is 2.37. The van der Waals surface area contributed by atoms with E-state index >= 15 is 0 Å². The molecule has 25 heavy (non-hydrogen) atoms. The maximum absolute atomic E-state index is 12.6. The first-order valence-corrected chi connectivity index (χ1v) is 8.61. The highest BCUT2D eigenvalue weighted by Crippen LogP contribution is 2.16. The van der Waals surface area contributed by atoms with Crippen LogP contribution >= 0.6 is 0 Å². The summed E-state index contributed by atoms with van der Waals surface area (Å²) in [6, 6.07) is -0.562. The minimum atomic E-state index is -0.562. The van der Waals surface area contributed by atoms with E-state index < -0.39 is 6.04 Å². The monoisotopic (exact) mass is 349 g/mol. The standard InChI is InChI=1S/C16H23N5O4/c1-11-16(24)20(8-4-7-19-6-3-5-14(19)22)10-15(23)21(11)9-13-17-12(2)25-18-13/h11H,3-10H2,1-2H3/t11-/m0/s1. The number of hydrogen-bond donors (Lipinski definition) is 0. The minimum Gasteiger partial charge on any atom is -0.343 e. The molecule has 0 N–H and O–H groups in total. The van der Waals surface area contributed by atoms with Crippen molar-refractivity contribution in [1.82, 2.24) is 24.8 Å². The first kappa shape index (κ1) is 17.4. The first-order chi connectivity index (χ1) is 12.0. The zero-order valence-electron chi connectivity index (χ0n) is 14.6. The number of hydrogen-bond acceptors (Lipinski definition) is 6. The molecule has 3 heterocycles. The Morgan fingerprint density at radius 2 is 1.92 bits per heavy atom. The zero-order chi connectivity index (χ0) is 18.0. The Kier molecular flexibility index (Phi) is 5.00. The van der Waals surface area contributed by atoms with E-state index in [1.165, 1.54) is 4.90 Å². The SMILES string of the molecule is Cc1nc(CN2C(=O)CN(CCCN3CCCC3=O)C(=O)[C@@H]2C)no1. The molecule has 0 spiro atoms. The van der Waals surface area contributed by atoms with Crippen LogP contribution in [0.5, 0.6) is 0 Å². The maximum Gasteiger partial charge on any atom is 0.245 e. The topological polar surface area (TPSA) is 99.9 Å². The van der Waals surface area contributed by atoms with Gasteiger partial charge in [0.2, 0.25) is 23.6 Å². The highest BCUT2D eigenvalue weighted by molar-refractivity contribution is 5.94. The van der Waals surface area contributed by atoms with Crippen molar-refractivity contribution in [3.63, 3.8) is 0 Å². The smallest absolute Gasteiger partial charge is 0.245 e. The van der Waals surface area contributed by atoms with Crippen LogP contribution in [0.2, 0.25) is 0 Å². The van der Waals surface area contributed by atoms with Crippen molar-refractivity contribution in [2.24, 2.45) is 0 Å². The normalized spacial score (nSPS) is 21.6. The molecule has 9 nitrogen and oxygen atoms in total. The summed E-state index contributed by atoms with van der Waals surface area (Å²) in [6.07, 6.45) is 2.20. The summed E-state index contributed by atoms with van der Waals surface area (Å²) in [4.78, 5) is 45.6. The Balaban J connectivity index is 1.53. The number of nitrogens with zero attached hydrogens (tertiary/aromatic N) is 5. The lowest BCUT2D eigenvalue weighted by Crippen LogP contribution is -2.58. The molecular weight excluding hydrogens is 326 g/mol. The molecule has 136 valence electrons. The number of aromatic nitrogens is 2. The molecular formula is C16H23N5O4. The van der Waals surface area contributed by atoms with Gasteiger partial charge < -0.3 is 19.2 Å². The van der Waals surface area contributed by atoms with Crippen molar-refractivity contribution in [1.29, 1.82) is 0 Å². The van der Waals surface area contributed by atoms with E-state index in [-0.39, 0.29) is 30.8 Å². The lowest BCUT2D eigenvalue weighted by molar-refractivity contribution is -0.155. The Hall–Kier alpha value is -2.45. The number of amides is 3. The fourth-order valence-corrected chi connectivity index (χ4v) is 3.31. The summed E-state index contributed by atoms with van der Waals surface area (Å²) in [5, 5.41) is 3.78. The van der Waals surface area contributed by atoms with Gasteiger partial charge in [0.1, 0.15) is 6.04 Å². The van der Waals surface area contributed by atoms with Crippen molar-refractivity contribution in [3.8, 4) is 0 Å². The second kappa shape index (κ2) is 7.20. The van der Waals surface area contributed by atoms with Gasteiger partial charge in [-0.05, 0) is 19.8 Å². The third-order valence-electron chi connectivity index (χ3n) is 4.69. The number of likely N-dealkylation sites (tertiary alicyclic amines) is 1. The fourth-order valence-electron chi connectivity index (χ4n) is 3.31. The molecule has 0 saturated carbocycles. The molecule has 2 aliphatic heterocycles. The van der Waals surface area contributed by atoms with Crippen LogP contribution in [0.1, 0.15) is 37.9 Å². The van der Waals surface area contributed by atoms with E-state index in [4.69, 9.17) is 4.52 Å². The molecule has 1 aromatic rings. The summed E-state index contributed by atoms with van der Waals surface area (Å²) in [5.41, 5.74) is 0. The Bertz CT molecular complexity index is 673. The maximum atomic E-state index is 12.6. The van der Waals surface area contributed by atoms with E-state index in [9.17, 15) is 14.4 Å². The molecule has 0 aliphatic carbocycles. The van der Waals surface area contributed by atoms with E-state index in [1.54, 1.807) is 18.7 Å². The van der Waals surface area contributed by atoms with Gasteiger partial charge in [-0.15, -0.1) is 0 Å². The van der Waals surface area contributed by atoms with Gasteiger partial charge in [-0.2, -0.15) is 4.98 Å². The van der Waals surface area contributed by atoms with Crippen molar-refractivity contribution in [3.05, 3.63) is 11.7 Å². The van der Waals surface area contributed by atoms with Gasteiger partial charge in [-0.3, -0.25) is 14.4 Å². The molecule has 2 fully saturated rings. The van der Waals surface area contributed by atoms with Gasteiger partial charge in [0, 0.05) is 33.0 Å². The molecule has 9 heteroatoms. The number of piperazine rings is 1. The Labute approximate surface area is 145 Å². The molecule has 3 rings (SSSR count). The second-order valence-electron chi connectivity index (χ2n) is 6.52. The van der Waals surface area contributed by atoms with Crippen molar-refractivity contribution in [2.75, 3.05) is 26.2 Å². The molecule has 1 atom stereocenters. The predicted molar refractivity (Wildman–Crippen MR) is 86.1 cm³/mol. The minimum absolute atomic E-state index is 0.0496. The van der Waals surface area contributed by atoms with Gasteiger partial charge in [0.05, 0.1) is 13.1 Å². The number of aryl methyl sites for hydroxylation is 1. The van der Waals surface area contributed by atoms with Crippen LogP contribution in [-0.4, -0.2) is 74.8 Å². The van der Waals surface area contributed by atoms with Crippen LogP contribution in [0.4, 0.5) is 0 Å². The molecule has 0 aromatic carbocycles. The van der Waals surface area contributed by atoms with Gasteiger partial charge in [-0.25, -0.2) is 0 Å². The number of carbonyl (C=O) groups is 3. The van der Waals surface area contributed by atoms with Gasteiger partial charge in [-0.1, -0.05) is 5.16 Å². The van der Waals surface area contributed by atoms with Crippen LogP contribution in [0, 0.1) is 6.92 Å². The third kappa shape index (κ3) is 3.80. The predicted octanol–water partition coefficient (Wildman–Crippen LogP) is -0.0502. The van der Waals surface area contributed by atoms with E-state index in [0.29, 0.717) is 37.6 Å². The molecule has 0 radical (unpaired) electrons. The fraction of sp³-hybridized carbons (Fsp3) is 0.688. The van der Waals surface area contributed by atoms with Crippen molar-refractivity contribution < 1.29 is 18.9 Å². The summed E-state index contributed by atoms with van der Waals surface area (Å²) in [6.45, 7) is 5.51. The molecule has 3 amide bonds. The number of carbonyl (C=O) groups excluding carboxylic acids is 3. The lowest BCUT2D eigenvalue weighted by atomic mass is 10.1. The van der Waals surface area contributed by atoms with Crippen LogP contribution < -0.4 is 0 Å². The lowest BCUT2D eigenvalue weighted by Gasteiger charge is -2.38. The Morgan fingerprint density at radius 1 is 1.16 bits per heavy atom. The quantitative estimate of drug-likeness (QED) is 0.714. The van der Waals surface area contributed by atoms with Crippen LogP contribution in [0.15, 0.2) is 4.52 Å². The third-order valence-corrected chi connectivity index (χ3v) is 4.69. The first-order valence-electron chi connectivity index (χ1n) is 8.61. The highest BCUT2D eigenvalue weighted by atomic mass is 16.5. The summed E-state index contributed by atoms with van der Waals surface area (Å²) in [7, 11) is 0. The van der Waals surface area contributed by atoms with Gasteiger partial charge in [0.15, 0.2) is 5.82 Å². The average molecular weight is 349 g/mol. The van der Waals surface area contributed by atoms with E-state index in [1.807, 2.05) is 4.90 Å². The zero-order valence-corrected chi connectivity index (χ0v) is 14.6. The van der Waals surface area contributed by atoms with Crippen LogP contribution in [0.25, 0.3) is 0 Å².